The molecule has 0 radical (unpaired) electrons. The molecule has 190 valence electrons. The molecule has 0 fully saturated rings. The molecule has 4 rings (SSSR count). The summed E-state index contributed by atoms with van der Waals surface area (Å²) in [6.07, 6.45) is 0.872. The third kappa shape index (κ3) is 4.39. The van der Waals surface area contributed by atoms with E-state index in [9.17, 15) is 9.59 Å². The monoisotopic (exact) mass is 493 g/mol. The molecule has 1 heterocycles. The van der Waals surface area contributed by atoms with Crippen LogP contribution in [0, 0.1) is 0 Å². The number of carbonyl (C=O) groups excluding carboxylic acids is 2. The van der Waals surface area contributed by atoms with Gasteiger partial charge in [-0.15, -0.1) is 0 Å². The molecule has 0 unspecified atom stereocenters. The maximum Gasteiger partial charge on any atom is 0.336 e. The number of benzene rings is 2. The summed E-state index contributed by atoms with van der Waals surface area (Å²) in [5, 5.41) is 3.34. The van der Waals surface area contributed by atoms with Crippen molar-refractivity contribution < 1.29 is 33.3 Å². The van der Waals surface area contributed by atoms with Gasteiger partial charge < -0.3 is 29.0 Å². The molecule has 0 bridgehead atoms. The Hall–Kier alpha value is -3.94. The van der Waals surface area contributed by atoms with Gasteiger partial charge in [-0.1, -0.05) is 6.07 Å². The highest BCUT2D eigenvalue weighted by molar-refractivity contribution is 6.04. The lowest BCUT2D eigenvalue weighted by Gasteiger charge is -2.37. The number of Topliss-reactive ketones (excluding diaryl/α,β-unsaturated/α-hetero) is 1. The zero-order chi connectivity index (χ0) is 26.0. The molecule has 2 aromatic rings. The topological polar surface area (TPSA) is 92.3 Å². The molecule has 0 saturated heterocycles. The normalized spacial score (nSPS) is 19.3. The lowest BCUT2D eigenvalue weighted by molar-refractivity contribution is -0.136. The number of carbonyl (C=O) groups is 2. The van der Waals surface area contributed by atoms with E-state index in [4.69, 9.17) is 23.7 Å². The number of ether oxygens (including phenoxy) is 5. The molecule has 1 aliphatic carbocycles. The summed E-state index contributed by atoms with van der Waals surface area (Å²) in [6.45, 7) is 1.82. The fourth-order valence-electron chi connectivity index (χ4n) is 5.14. The number of dihydropyridines is 1. The highest BCUT2D eigenvalue weighted by Gasteiger charge is 2.42. The molecule has 0 aromatic heterocycles. The molecular formula is C28H31NO7. The maximum absolute atomic E-state index is 13.8. The zero-order valence-corrected chi connectivity index (χ0v) is 21.4. The van der Waals surface area contributed by atoms with Gasteiger partial charge in [0.2, 0.25) is 0 Å². The fraction of sp³-hybridized carbons (Fsp3) is 0.357. The predicted octanol–water partition coefficient (Wildman–Crippen LogP) is 4.26. The summed E-state index contributed by atoms with van der Waals surface area (Å²) in [5.74, 6) is 1.12. The van der Waals surface area contributed by atoms with E-state index >= 15 is 0 Å². The van der Waals surface area contributed by atoms with Gasteiger partial charge in [-0.25, -0.2) is 4.79 Å². The van der Waals surface area contributed by atoms with Gasteiger partial charge in [0, 0.05) is 29.0 Å². The van der Waals surface area contributed by atoms with E-state index < -0.39 is 11.9 Å². The van der Waals surface area contributed by atoms with Crippen LogP contribution >= 0.6 is 0 Å². The first-order valence-corrected chi connectivity index (χ1v) is 11.6. The second kappa shape index (κ2) is 10.4. The average molecular weight is 494 g/mol. The lowest BCUT2D eigenvalue weighted by atomic mass is 9.71. The SMILES string of the molecule is COC(=O)C1=C(C)NC2=C(C(=O)C[C@@H](c3ccc(OC)c(OC)c3)C2)[C@@H]1c1cc(OC)ccc1OC. The van der Waals surface area contributed by atoms with Crippen molar-refractivity contribution in [3.63, 3.8) is 0 Å². The Labute approximate surface area is 210 Å². The quantitative estimate of drug-likeness (QED) is 0.572. The van der Waals surface area contributed by atoms with Crippen molar-refractivity contribution in [1.82, 2.24) is 5.32 Å². The largest absolute Gasteiger partial charge is 0.497 e. The van der Waals surface area contributed by atoms with E-state index in [1.807, 2.05) is 31.2 Å². The summed E-state index contributed by atoms with van der Waals surface area (Å²) in [5.41, 5.74) is 3.99. The Bertz CT molecular complexity index is 1260. The minimum Gasteiger partial charge on any atom is -0.497 e. The minimum absolute atomic E-state index is 0.0488. The molecule has 2 atom stereocenters. The predicted molar refractivity (Wildman–Crippen MR) is 134 cm³/mol. The molecule has 8 heteroatoms. The van der Waals surface area contributed by atoms with E-state index in [1.54, 1.807) is 40.6 Å². The number of allylic oxidation sites excluding steroid dienone is 3. The highest BCUT2D eigenvalue weighted by Crippen LogP contribution is 2.48. The van der Waals surface area contributed by atoms with Gasteiger partial charge in [0.1, 0.15) is 11.5 Å². The Morgan fingerprint density at radius 1 is 0.861 bits per heavy atom. The number of hydrogen-bond donors (Lipinski definition) is 1. The second-order valence-corrected chi connectivity index (χ2v) is 8.73. The zero-order valence-electron chi connectivity index (χ0n) is 21.4. The summed E-state index contributed by atoms with van der Waals surface area (Å²) in [7, 11) is 7.64. The molecule has 2 aliphatic rings. The summed E-state index contributed by atoms with van der Waals surface area (Å²) < 4.78 is 27.0. The van der Waals surface area contributed by atoms with Crippen molar-refractivity contribution in [3.8, 4) is 23.0 Å². The van der Waals surface area contributed by atoms with Crippen LogP contribution in [0.3, 0.4) is 0 Å². The van der Waals surface area contributed by atoms with Crippen LogP contribution in [-0.4, -0.2) is 47.3 Å². The van der Waals surface area contributed by atoms with E-state index in [0.29, 0.717) is 51.8 Å². The molecule has 1 aliphatic heterocycles. The Morgan fingerprint density at radius 2 is 1.56 bits per heavy atom. The smallest absolute Gasteiger partial charge is 0.336 e. The van der Waals surface area contributed by atoms with E-state index in [0.717, 1.165) is 11.3 Å². The highest BCUT2D eigenvalue weighted by atomic mass is 16.5. The molecule has 0 amide bonds. The molecule has 8 nitrogen and oxygen atoms in total. The van der Waals surface area contributed by atoms with E-state index in [2.05, 4.69) is 5.32 Å². The van der Waals surface area contributed by atoms with E-state index in [1.165, 1.54) is 7.11 Å². The van der Waals surface area contributed by atoms with Crippen LogP contribution in [0.1, 0.15) is 42.7 Å². The van der Waals surface area contributed by atoms with Gasteiger partial charge in [0.15, 0.2) is 17.3 Å². The van der Waals surface area contributed by atoms with Gasteiger partial charge in [-0.05, 0) is 55.2 Å². The third-order valence-corrected chi connectivity index (χ3v) is 6.86. The van der Waals surface area contributed by atoms with Crippen LogP contribution in [0.5, 0.6) is 23.0 Å². The summed E-state index contributed by atoms with van der Waals surface area (Å²) in [4.78, 5) is 26.8. The summed E-state index contributed by atoms with van der Waals surface area (Å²) in [6, 6.07) is 11.1. The van der Waals surface area contributed by atoms with Gasteiger partial charge in [0.25, 0.3) is 0 Å². The number of nitrogens with one attached hydrogen (secondary N) is 1. The van der Waals surface area contributed by atoms with Crippen molar-refractivity contribution in [2.24, 2.45) is 0 Å². The molecule has 0 saturated carbocycles. The molecule has 1 N–H and O–H groups in total. The first kappa shape index (κ1) is 25.2. The van der Waals surface area contributed by atoms with Gasteiger partial charge >= 0.3 is 5.97 Å². The number of hydrogen-bond acceptors (Lipinski definition) is 8. The van der Waals surface area contributed by atoms with Crippen molar-refractivity contribution in [2.75, 3.05) is 35.5 Å². The van der Waals surface area contributed by atoms with Crippen molar-refractivity contribution in [1.29, 1.82) is 0 Å². The molecular weight excluding hydrogens is 462 g/mol. The molecule has 36 heavy (non-hydrogen) atoms. The van der Waals surface area contributed by atoms with Gasteiger partial charge in [0.05, 0.1) is 47.0 Å². The standard InChI is InChI=1S/C28H31NO7/c1-15-25(28(31)36-6)26(19-14-18(32-2)8-10-22(19)33-3)27-20(29-15)11-17(12-21(27)30)16-7-9-23(34-4)24(13-16)35-5/h7-10,13-14,17,26,29H,11-12H2,1-6H3/t17-,26+/m0/s1. The van der Waals surface area contributed by atoms with Crippen LogP contribution in [0.2, 0.25) is 0 Å². The second-order valence-electron chi connectivity index (χ2n) is 8.73. The van der Waals surface area contributed by atoms with Crippen LogP contribution in [0.15, 0.2) is 58.9 Å². The van der Waals surface area contributed by atoms with Crippen LogP contribution in [-0.2, 0) is 14.3 Å². The molecule has 2 aromatic carbocycles. The lowest BCUT2D eigenvalue weighted by Crippen LogP contribution is -2.36. The molecule has 0 spiro atoms. The van der Waals surface area contributed by atoms with Gasteiger partial charge in [-0.3, -0.25) is 4.79 Å². The third-order valence-electron chi connectivity index (χ3n) is 6.86. The van der Waals surface area contributed by atoms with Crippen LogP contribution in [0.25, 0.3) is 0 Å². The fourth-order valence-corrected chi connectivity index (χ4v) is 5.14. The number of methoxy groups -OCH3 is 5. The first-order chi connectivity index (χ1) is 17.4. The van der Waals surface area contributed by atoms with Gasteiger partial charge in [-0.2, -0.15) is 0 Å². The van der Waals surface area contributed by atoms with Crippen molar-refractivity contribution in [2.45, 2.75) is 31.6 Å². The first-order valence-electron chi connectivity index (χ1n) is 11.6. The number of ketones is 1. The average Bonchev–Trinajstić information content (AvgIpc) is 2.90. The Balaban J connectivity index is 1.84. The van der Waals surface area contributed by atoms with Crippen LogP contribution < -0.4 is 24.3 Å². The number of rotatable bonds is 7. The van der Waals surface area contributed by atoms with E-state index in [-0.39, 0.29) is 18.1 Å². The number of esters is 1. The Kier molecular flexibility index (Phi) is 7.24. The van der Waals surface area contributed by atoms with Crippen molar-refractivity contribution >= 4 is 11.8 Å². The Morgan fingerprint density at radius 3 is 2.19 bits per heavy atom. The summed E-state index contributed by atoms with van der Waals surface area (Å²) >= 11 is 0. The van der Waals surface area contributed by atoms with Crippen molar-refractivity contribution in [3.05, 3.63) is 70.1 Å². The minimum atomic E-state index is -0.655. The maximum atomic E-state index is 13.8. The van der Waals surface area contributed by atoms with Crippen LogP contribution in [0.4, 0.5) is 0 Å².